The zero-order chi connectivity index (χ0) is 18.8. The SMILES string of the molecule is c1ccc(CN2CC3C(CCCCNC4CCc5ccccc5C4)C3C2)cc1. The van der Waals surface area contributed by atoms with E-state index < -0.39 is 0 Å². The van der Waals surface area contributed by atoms with E-state index in [1.165, 1.54) is 63.7 Å². The third kappa shape index (κ3) is 4.18. The van der Waals surface area contributed by atoms with E-state index >= 15 is 0 Å². The van der Waals surface area contributed by atoms with Crippen LogP contribution in [0.1, 0.15) is 42.4 Å². The molecule has 2 aromatic carbocycles. The summed E-state index contributed by atoms with van der Waals surface area (Å²) < 4.78 is 0. The number of benzene rings is 2. The van der Waals surface area contributed by atoms with Gasteiger partial charge in [0, 0.05) is 25.7 Å². The zero-order valence-corrected chi connectivity index (χ0v) is 17.0. The second kappa shape index (κ2) is 8.39. The van der Waals surface area contributed by atoms with Gasteiger partial charge in [0.25, 0.3) is 0 Å². The number of nitrogens with zero attached hydrogens (tertiary/aromatic N) is 1. The van der Waals surface area contributed by atoms with Crippen LogP contribution in [0.4, 0.5) is 0 Å². The Morgan fingerprint density at radius 2 is 1.61 bits per heavy atom. The maximum atomic E-state index is 3.83. The fourth-order valence-electron chi connectivity index (χ4n) is 5.82. The molecule has 2 heteroatoms. The number of piperidine rings is 1. The molecule has 5 rings (SSSR count). The second-order valence-corrected chi connectivity index (χ2v) is 9.33. The van der Waals surface area contributed by atoms with Crippen molar-refractivity contribution in [1.82, 2.24) is 10.2 Å². The quantitative estimate of drug-likeness (QED) is 0.675. The number of likely N-dealkylation sites (tertiary alicyclic amines) is 1. The minimum atomic E-state index is 0.696. The van der Waals surface area contributed by atoms with Crippen LogP contribution in [0.5, 0.6) is 0 Å². The number of unbranched alkanes of at least 4 members (excludes halogenated alkanes) is 1. The van der Waals surface area contributed by atoms with Gasteiger partial charge in [0.15, 0.2) is 0 Å². The van der Waals surface area contributed by atoms with E-state index in [9.17, 15) is 0 Å². The maximum absolute atomic E-state index is 3.83. The van der Waals surface area contributed by atoms with Gasteiger partial charge in [-0.25, -0.2) is 0 Å². The van der Waals surface area contributed by atoms with Crippen molar-refractivity contribution in [1.29, 1.82) is 0 Å². The number of rotatable bonds is 8. The molecule has 0 radical (unpaired) electrons. The standard InChI is InChI=1S/C26H34N2/c1-2-8-20(9-3-1)17-28-18-25-24(26(25)19-28)12-6-7-15-27-23-14-13-21-10-4-5-11-22(21)16-23/h1-5,8-11,23-27H,6-7,12-19H2. The zero-order valence-electron chi connectivity index (χ0n) is 17.0. The Balaban J connectivity index is 0.954. The molecule has 148 valence electrons. The van der Waals surface area contributed by atoms with Gasteiger partial charge in [-0.1, -0.05) is 61.0 Å². The molecule has 3 atom stereocenters. The third-order valence-electron chi connectivity index (χ3n) is 7.44. The van der Waals surface area contributed by atoms with Gasteiger partial charge in [-0.05, 0) is 73.1 Å². The molecule has 1 saturated carbocycles. The first-order chi connectivity index (χ1) is 13.9. The fraction of sp³-hybridized carbons (Fsp3) is 0.538. The molecule has 1 heterocycles. The molecular formula is C26H34N2. The molecule has 28 heavy (non-hydrogen) atoms. The summed E-state index contributed by atoms with van der Waals surface area (Å²) in [7, 11) is 0. The highest BCUT2D eigenvalue weighted by molar-refractivity contribution is 5.30. The molecule has 0 aromatic heterocycles. The molecular weight excluding hydrogens is 340 g/mol. The number of hydrogen-bond acceptors (Lipinski definition) is 2. The molecule has 1 N–H and O–H groups in total. The molecule has 2 nitrogen and oxygen atoms in total. The smallest absolute Gasteiger partial charge is 0.0233 e. The average Bonchev–Trinajstić information content (AvgIpc) is 3.18. The molecule has 2 aromatic rings. The van der Waals surface area contributed by atoms with Crippen molar-refractivity contribution in [3.8, 4) is 0 Å². The summed E-state index contributed by atoms with van der Waals surface area (Å²) in [5.41, 5.74) is 4.61. The van der Waals surface area contributed by atoms with Gasteiger partial charge in [0.05, 0.1) is 0 Å². The normalized spacial score (nSPS) is 28.7. The summed E-state index contributed by atoms with van der Waals surface area (Å²) in [5, 5.41) is 3.83. The monoisotopic (exact) mass is 374 g/mol. The van der Waals surface area contributed by atoms with E-state index in [4.69, 9.17) is 0 Å². The Hall–Kier alpha value is -1.64. The van der Waals surface area contributed by atoms with E-state index in [-0.39, 0.29) is 0 Å². The van der Waals surface area contributed by atoms with Gasteiger partial charge in [-0.3, -0.25) is 4.90 Å². The number of fused-ring (bicyclic) bond motifs is 2. The molecule has 1 saturated heterocycles. The summed E-state index contributed by atoms with van der Waals surface area (Å²) in [6.45, 7) is 5.03. The van der Waals surface area contributed by atoms with Crippen LogP contribution in [-0.2, 0) is 19.4 Å². The van der Waals surface area contributed by atoms with Gasteiger partial charge in [-0.15, -0.1) is 0 Å². The van der Waals surface area contributed by atoms with Crippen LogP contribution in [0.2, 0.25) is 0 Å². The van der Waals surface area contributed by atoms with E-state index in [0.29, 0.717) is 6.04 Å². The third-order valence-corrected chi connectivity index (χ3v) is 7.44. The first-order valence-electron chi connectivity index (χ1n) is 11.4. The summed E-state index contributed by atoms with van der Waals surface area (Å²) in [6.07, 6.45) is 8.00. The van der Waals surface area contributed by atoms with E-state index in [1.54, 1.807) is 11.1 Å². The van der Waals surface area contributed by atoms with Crippen LogP contribution < -0.4 is 5.32 Å². The molecule has 2 aliphatic carbocycles. The van der Waals surface area contributed by atoms with Crippen molar-refractivity contribution in [2.24, 2.45) is 17.8 Å². The molecule has 1 aliphatic heterocycles. The Kier molecular flexibility index (Phi) is 5.51. The Morgan fingerprint density at radius 3 is 2.43 bits per heavy atom. The summed E-state index contributed by atoms with van der Waals surface area (Å²) in [5.74, 6) is 3.05. The first kappa shape index (κ1) is 18.4. The van der Waals surface area contributed by atoms with Gasteiger partial charge >= 0.3 is 0 Å². The van der Waals surface area contributed by atoms with E-state index in [2.05, 4.69) is 64.8 Å². The highest BCUT2D eigenvalue weighted by Crippen LogP contribution is 2.54. The Bertz CT molecular complexity index is 759. The van der Waals surface area contributed by atoms with Crippen molar-refractivity contribution >= 4 is 0 Å². The van der Waals surface area contributed by atoms with Crippen molar-refractivity contribution in [3.05, 3.63) is 71.3 Å². The van der Waals surface area contributed by atoms with Crippen molar-refractivity contribution < 1.29 is 0 Å². The topological polar surface area (TPSA) is 15.3 Å². The first-order valence-corrected chi connectivity index (χ1v) is 11.4. The Morgan fingerprint density at radius 1 is 0.857 bits per heavy atom. The number of hydrogen-bond donors (Lipinski definition) is 1. The van der Waals surface area contributed by atoms with Gasteiger partial charge < -0.3 is 5.32 Å². The summed E-state index contributed by atoms with van der Waals surface area (Å²) in [4.78, 5) is 2.67. The lowest BCUT2D eigenvalue weighted by Gasteiger charge is -2.25. The van der Waals surface area contributed by atoms with E-state index in [1.807, 2.05) is 0 Å². The molecule has 0 bridgehead atoms. The second-order valence-electron chi connectivity index (χ2n) is 9.33. The van der Waals surface area contributed by atoms with Gasteiger partial charge in [-0.2, -0.15) is 0 Å². The molecule has 3 aliphatic rings. The fourth-order valence-corrected chi connectivity index (χ4v) is 5.82. The lowest BCUT2D eigenvalue weighted by atomic mass is 9.88. The lowest BCUT2D eigenvalue weighted by molar-refractivity contribution is 0.273. The molecule has 0 amide bonds. The van der Waals surface area contributed by atoms with Crippen LogP contribution in [0, 0.1) is 17.8 Å². The molecule has 2 fully saturated rings. The van der Waals surface area contributed by atoms with Crippen LogP contribution in [0.25, 0.3) is 0 Å². The van der Waals surface area contributed by atoms with Gasteiger partial charge in [0.1, 0.15) is 0 Å². The van der Waals surface area contributed by atoms with E-state index in [0.717, 1.165) is 24.3 Å². The van der Waals surface area contributed by atoms with Gasteiger partial charge in [0.2, 0.25) is 0 Å². The maximum Gasteiger partial charge on any atom is 0.0233 e. The van der Waals surface area contributed by atoms with Crippen molar-refractivity contribution in [3.63, 3.8) is 0 Å². The highest BCUT2D eigenvalue weighted by atomic mass is 15.2. The minimum absolute atomic E-state index is 0.696. The predicted molar refractivity (Wildman–Crippen MR) is 116 cm³/mol. The van der Waals surface area contributed by atoms with Crippen LogP contribution in [-0.4, -0.2) is 30.6 Å². The van der Waals surface area contributed by atoms with Crippen molar-refractivity contribution in [2.75, 3.05) is 19.6 Å². The van der Waals surface area contributed by atoms with Crippen LogP contribution in [0.15, 0.2) is 54.6 Å². The number of aryl methyl sites for hydroxylation is 1. The average molecular weight is 375 g/mol. The minimum Gasteiger partial charge on any atom is -0.314 e. The lowest BCUT2D eigenvalue weighted by Crippen LogP contribution is -2.35. The summed E-state index contributed by atoms with van der Waals surface area (Å²) in [6, 6.07) is 20.7. The van der Waals surface area contributed by atoms with Crippen molar-refractivity contribution in [2.45, 2.75) is 51.1 Å². The Labute approximate surface area is 170 Å². The molecule has 0 spiro atoms. The molecule has 3 unspecified atom stereocenters. The number of nitrogens with one attached hydrogen (secondary N) is 1. The van der Waals surface area contributed by atoms with Crippen LogP contribution in [0.3, 0.4) is 0 Å². The highest BCUT2D eigenvalue weighted by Gasteiger charge is 2.54. The largest absolute Gasteiger partial charge is 0.314 e. The summed E-state index contributed by atoms with van der Waals surface area (Å²) >= 11 is 0. The predicted octanol–water partition coefficient (Wildman–Crippen LogP) is 4.68. The van der Waals surface area contributed by atoms with Crippen LogP contribution >= 0.6 is 0 Å².